The van der Waals surface area contributed by atoms with Crippen molar-refractivity contribution in [1.82, 2.24) is 0 Å². The Kier molecular flexibility index (Phi) is 14.4. The average Bonchev–Trinajstić information content (AvgIpc) is 2.52. The first-order chi connectivity index (χ1) is 10.1. The van der Waals surface area contributed by atoms with Gasteiger partial charge in [-0.15, -0.1) is 0 Å². The molecule has 1 unspecified atom stereocenters. The monoisotopic (exact) mass is 404 g/mol. The zero-order valence-electron chi connectivity index (χ0n) is 15.0. The Morgan fingerprint density at radius 3 is 1.62 bits per heavy atom. The molecule has 1 nitrogen and oxygen atoms in total. The zero-order valence-corrected chi connectivity index (χ0v) is 17.9. The van der Waals surface area contributed by atoms with E-state index in [0.717, 1.165) is 6.42 Å². The molecule has 0 aromatic carbocycles. The Hall–Kier alpha value is 0.499. The van der Waals surface area contributed by atoms with E-state index in [1.165, 1.54) is 51.4 Å². The molecule has 1 atom stereocenters. The summed E-state index contributed by atoms with van der Waals surface area (Å²) >= 11 is -1.88. The summed E-state index contributed by atoms with van der Waals surface area (Å²) in [5.41, 5.74) is 0. The molecule has 0 fully saturated rings. The summed E-state index contributed by atoms with van der Waals surface area (Å²) in [6.45, 7) is 10.7. The molecule has 0 spiro atoms. The van der Waals surface area contributed by atoms with Crippen LogP contribution >= 0.6 is 0 Å². The molecule has 0 aliphatic carbocycles. The van der Waals surface area contributed by atoms with Gasteiger partial charge in [0.15, 0.2) is 0 Å². The fourth-order valence-corrected chi connectivity index (χ4v) is 20.0. The molecule has 21 heavy (non-hydrogen) atoms. The van der Waals surface area contributed by atoms with Crippen LogP contribution in [-0.2, 0) is 0 Å². The van der Waals surface area contributed by atoms with Crippen molar-refractivity contribution in [1.29, 1.82) is 0 Å². The molecule has 126 valence electrons. The Morgan fingerprint density at radius 2 is 1.24 bits per heavy atom. The number of hydrogen-bond acceptors (Lipinski definition) is 1. The molecule has 1 N–H and O–H groups in total. The molecule has 0 rings (SSSR count). The second-order valence-corrected chi connectivity index (χ2v) is 21.1. The third kappa shape index (κ3) is 10.8. The number of aliphatic hydroxyl groups excluding tert-OH is 1. The van der Waals surface area contributed by atoms with Crippen LogP contribution in [0.3, 0.4) is 0 Å². The van der Waals surface area contributed by atoms with Crippen LogP contribution in [0.2, 0.25) is 17.7 Å². The predicted octanol–water partition coefficient (Wildman–Crippen LogP) is 6.55. The van der Waals surface area contributed by atoms with Crippen LogP contribution in [0.25, 0.3) is 0 Å². The van der Waals surface area contributed by atoms with Crippen molar-refractivity contribution in [2.24, 2.45) is 0 Å². The minimum atomic E-state index is -1.88. The molecular weight excluding hydrogens is 363 g/mol. The average molecular weight is 403 g/mol. The van der Waals surface area contributed by atoms with Crippen LogP contribution in [0, 0.1) is 0 Å². The topological polar surface area (TPSA) is 20.2 Å². The number of unbranched alkanes of at least 4 members (excludes halogenated alkanes) is 4. The summed E-state index contributed by atoms with van der Waals surface area (Å²) in [6, 6.07) is 0. The van der Waals surface area contributed by atoms with Crippen LogP contribution in [-0.4, -0.2) is 29.6 Å². The van der Waals surface area contributed by atoms with Crippen LogP contribution in [0.4, 0.5) is 0 Å². The van der Waals surface area contributed by atoms with Gasteiger partial charge in [-0.2, -0.15) is 0 Å². The summed E-state index contributed by atoms with van der Waals surface area (Å²) in [7, 11) is 0. The standard InChI is InChI=1S/C7H13O.3C4H9.Sn/c1-3-5-6-7(8)4-2;3*1-3-4-2;/h4,7-8H,1-3,5-6H2;3*1,3-4H2,2H3;. The summed E-state index contributed by atoms with van der Waals surface area (Å²) in [6.07, 6.45) is 13.4. The Labute approximate surface area is 138 Å². The molecular formula is C19H40OSn. The number of rotatable bonds is 15. The number of aliphatic hydroxyl groups is 1. The normalized spacial score (nSPS) is 13.3. The molecule has 2 heteroatoms. The first kappa shape index (κ1) is 21.5. The van der Waals surface area contributed by atoms with Crippen molar-refractivity contribution in [2.75, 3.05) is 0 Å². The van der Waals surface area contributed by atoms with Gasteiger partial charge in [-0.1, -0.05) is 0 Å². The predicted molar refractivity (Wildman–Crippen MR) is 99.8 cm³/mol. The van der Waals surface area contributed by atoms with Crippen LogP contribution in [0.1, 0.15) is 78.6 Å². The second-order valence-electron chi connectivity index (χ2n) is 6.86. The molecule has 0 amide bonds. The van der Waals surface area contributed by atoms with Gasteiger partial charge in [0, 0.05) is 0 Å². The Balaban J connectivity index is 4.44. The zero-order chi connectivity index (χ0) is 16.0. The molecule has 0 saturated heterocycles. The van der Waals surface area contributed by atoms with Gasteiger partial charge in [0.1, 0.15) is 0 Å². The van der Waals surface area contributed by atoms with Gasteiger partial charge in [-0.3, -0.25) is 0 Å². The SMILES string of the molecule is C=CC(O)CCC[CH2][Sn]([CH2]CCC)([CH2]CCC)[CH2]CCC. The van der Waals surface area contributed by atoms with Gasteiger partial charge in [-0.25, -0.2) is 0 Å². The first-order valence-electron chi connectivity index (χ1n) is 9.44. The van der Waals surface area contributed by atoms with Crippen LogP contribution < -0.4 is 0 Å². The molecule has 0 aromatic rings. The maximum absolute atomic E-state index is 9.61. The van der Waals surface area contributed by atoms with Gasteiger partial charge in [0.05, 0.1) is 0 Å². The fourth-order valence-electron chi connectivity index (χ4n) is 3.38. The van der Waals surface area contributed by atoms with Crippen molar-refractivity contribution >= 4 is 18.4 Å². The Morgan fingerprint density at radius 1 is 0.810 bits per heavy atom. The van der Waals surface area contributed by atoms with E-state index in [4.69, 9.17) is 0 Å². The van der Waals surface area contributed by atoms with Crippen LogP contribution in [0.15, 0.2) is 12.7 Å². The van der Waals surface area contributed by atoms with E-state index in [1.54, 1.807) is 23.8 Å². The molecule has 0 aliphatic heterocycles. The third-order valence-corrected chi connectivity index (χ3v) is 21.1. The van der Waals surface area contributed by atoms with Crippen molar-refractivity contribution in [2.45, 2.75) is 102 Å². The number of hydrogen-bond donors (Lipinski definition) is 1. The van der Waals surface area contributed by atoms with E-state index >= 15 is 0 Å². The summed E-state index contributed by atoms with van der Waals surface area (Å²) in [4.78, 5) is 0. The van der Waals surface area contributed by atoms with Crippen molar-refractivity contribution < 1.29 is 5.11 Å². The van der Waals surface area contributed by atoms with E-state index < -0.39 is 18.4 Å². The third-order valence-electron chi connectivity index (χ3n) is 4.91. The summed E-state index contributed by atoms with van der Waals surface area (Å²) in [5.74, 6) is 0. The van der Waals surface area contributed by atoms with E-state index in [0.29, 0.717) is 0 Å². The summed E-state index contributed by atoms with van der Waals surface area (Å²) < 4.78 is 6.43. The maximum atomic E-state index is 9.61. The van der Waals surface area contributed by atoms with Crippen molar-refractivity contribution in [3.8, 4) is 0 Å². The first-order valence-corrected chi connectivity index (χ1v) is 17.5. The molecule has 0 heterocycles. The van der Waals surface area contributed by atoms with Gasteiger partial charge < -0.3 is 0 Å². The van der Waals surface area contributed by atoms with E-state index in [-0.39, 0.29) is 6.10 Å². The van der Waals surface area contributed by atoms with E-state index in [2.05, 4.69) is 27.4 Å². The quantitative estimate of drug-likeness (QED) is 0.187. The molecule has 0 saturated carbocycles. The van der Waals surface area contributed by atoms with Crippen LogP contribution in [0.5, 0.6) is 0 Å². The van der Waals surface area contributed by atoms with Gasteiger partial charge >= 0.3 is 139 Å². The van der Waals surface area contributed by atoms with Crippen molar-refractivity contribution in [3.63, 3.8) is 0 Å². The molecule has 0 bridgehead atoms. The Bertz CT molecular complexity index is 218. The second kappa shape index (κ2) is 14.1. The van der Waals surface area contributed by atoms with E-state index in [1.807, 2.05) is 0 Å². The minimum absolute atomic E-state index is 0.281. The molecule has 0 radical (unpaired) electrons. The van der Waals surface area contributed by atoms with Gasteiger partial charge in [-0.05, 0) is 0 Å². The summed E-state index contributed by atoms with van der Waals surface area (Å²) in [5, 5.41) is 9.61. The molecule has 0 aliphatic rings. The van der Waals surface area contributed by atoms with Gasteiger partial charge in [0.2, 0.25) is 0 Å². The fraction of sp³-hybridized carbons (Fsp3) is 0.895. The van der Waals surface area contributed by atoms with Gasteiger partial charge in [0.25, 0.3) is 0 Å². The van der Waals surface area contributed by atoms with E-state index in [9.17, 15) is 5.11 Å². The molecule has 0 aromatic heterocycles. The van der Waals surface area contributed by atoms with Crippen molar-refractivity contribution in [3.05, 3.63) is 12.7 Å².